The van der Waals surface area contributed by atoms with Crippen molar-refractivity contribution < 1.29 is 28.9 Å². The molecule has 0 aliphatic rings. The Balaban J connectivity index is 0. The van der Waals surface area contributed by atoms with Gasteiger partial charge in [0, 0.05) is 0 Å². The van der Waals surface area contributed by atoms with Gasteiger partial charge in [0.1, 0.15) is 0 Å². The molecule has 14 heavy (non-hydrogen) atoms. The number of halogens is 1. The van der Waals surface area contributed by atoms with Crippen LogP contribution in [0.5, 0.6) is 0 Å². The summed E-state index contributed by atoms with van der Waals surface area (Å²) in [6.07, 6.45) is 9.97. The molecule has 0 aromatic carbocycles. The summed E-state index contributed by atoms with van der Waals surface area (Å²) < 4.78 is 32.7. The summed E-state index contributed by atoms with van der Waals surface area (Å²) in [4.78, 5) is 0. The van der Waals surface area contributed by atoms with E-state index in [2.05, 4.69) is 13.8 Å². The van der Waals surface area contributed by atoms with E-state index in [9.17, 15) is 0 Å². The highest BCUT2D eigenvalue weighted by Crippen LogP contribution is 2.05. The first-order chi connectivity index (χ1) is 6.41. The summed E-state index contributed by atoms with van der Waals surface area (Å²) in [5.74, 6) is 0. The Hall–Kier alpha value is 0.130. The van der Waals surface area contributed by atoms with Crippen molar-refractivity contribution in [3.05, 3.63) is 0 Å². The molecule has 4 nitrogen and oxygen atoms in total. The van der Waals surface area contributed by atoms with Crippen LogP contribution in [-0.4, -0.2) is 4.66 Å². The lowest BCUT2D eigenvalue weighted by molar-refractivity contribution is -1.92. The van der Waals surface area contributed by atoms with Crippen LogP contribution in [-0.2, 0) is 0 Å². The Labute approximate surface area is 88.3 Å². The fraction of sp³-hybridized carbons (Fsp3) is 1.00. The monoisotopic (exact) mass is 228 g/mol. The molecule has 0 radical (unpaired) electrons. The van der Waals surface area contributed by atoms with Gasteiger partial charge in [0.15, 0.2) is 0 Å². The Morgan fingerprint density at radius 1 is 0.786 bits per heavy atom. The first-order valence-corrected chi connectivity index (χ1v) is 6.31. The lowest BCUT2D eigenvalue weighted by atomic mass is 10.1. The van der Waals surface area contributed by atoms with Gasteiger partial charge < -0.3 is 0 Å². The molecule has 0 fully saturated rings. The van der Waals surface area contributed by atoms with E-state index in [1.165, 1.54) is 44.9 Å². The van der Waals surface area contributed by atoms with Gasteiger partial charge >= 0.3 is 0 Å². The third-order valence-electron chi connectivity index (χ3n) is 1.71. The van der Waals surface area contributed by atoms with Gasteiger partial charge in [-0.3, -0.25) is 0 Å². The molecule has 0 aliphatic carbocycles. The second-order valence-electron chi connectivity index (χ2n) is 3.16. The summed E-state index contributed by atoms with van der Waals surface area (Å²) in [6.45, 7) is 4.53. The normalized spacial score (nSPS) is 10.7. The fourth-order valence-electron chi connectivity index (χ4n) is 1.03. The van der Waals surface area contributed by atoms with E-state index in [1.54, 1.807) is 0 Å². The minimum Gasteiger partial charge on any atom is -0.183 e. The molecule has 1 N–H and O–H groups in total. The van der Waals surface area contributed by atoms with Gasteiger partial charge in [-0.25, -0.2) is 0 Å². The third-order valence-corrected chi connectivity index (χ3v) is 1.71. The zero-order valence-electron chi connectivity index (χ0n) is 9.00. The average molecular weight is 229 g/mol. The van der Waals surface area contributed by atoms with Gasteiger partial charge in [0.05, 0.1) is 14.9 Å². The molecular formula is C9H21ClO4. The first kappa shape index (κ1) is 16.6. The SMILES string of the molecule is CCCCCCCCC.[O-][Cl+3]([O-])([O-])O. The van der Waals surface area contributed by atoms with Crippen LogP contribution in [0, 0.1) is 10.2 Å². The van der Waals surface area contributed by atoms with Gasteiger partial charge in [-0.05, 0) is 0 Å². The molecule has 0 saturated carbocycles. The standard InChI is InChI=1S/C9H20.ClHO4/c1-3-5-7-9-8-6-4-2;2-1(3,4)5/h3-9H2,1-2H3;(H,2,3,4,5). The van der Waals surface area contributed by atoms with Crippen LogP contribution < -0.4 is 14.0 Å². The summed E-state index contributed by atoms with van der Waals surface area (Å²) >= 11 is 0. The summed E-state index contributed by atoms with van der Waals surface area (Å²) in [7, 11) is -4.69. The quantitative estimate of drug-likeness (QED) is 0.629. The van der Waals surface area contributed by atoms with Gasteiger partial charge in [-0.1, -0.05) is 58.8 Å². The Kier molecular flexibility index (Phi) is 13.3. The minimum atomic E-state index is -4.69. The maximum absolute atomic E-state index is 8.60. The lowest BCUT2D eigenvalue weighted by Gasteiger charge is -2.03. The topological polar surface area (TPSA) is 89.4 Å². The lowest BCUT2D eigenvalue weighted by Crippen LogP contribution is -2.58. The van der Waals surface area contributed by atoms with Crippen molar-refractivity contribution in [2.75, 3.05) is 0 Å². The smallest absolute Gasteiger partial charge is 0.0777 e. The Bertz CT molecular complexity index is 91.5. The zero-order chi connectivity index (χ0) is 11.4. The van der Waals surface area contributed by atoms with Crippen molar-refractivity contribution >= 4 is 0 Å². The fourth-order valence-corrected chi connectivity index (χ4v) is 1.03. The second-order valence-corrected chi connectivity index (χ2v) is 3.96. The number of unbranched alkanes of at least 4 members (excludes halogenated alkanes) is 6. The van der Waals surface area contributed by atoms with Crippen LogP contribution in [0.2, 0.25) is 0 Å². The number of rotatable bonds is 6. The first-order valence-electron chi connectivity index (χ1n) is 5.05. The van der Waals surface area contributed by atoms with Crippen molar-refractivity contribution in [1.29, 1.82) is 0 Å². The molecule has 0 rings (SSSR count). The molecule has 0 aromatic rings. The van der Waals surface area contributed by atoms with E-state index in [-0.39, 0.29) is 0 Å². The van der Waals surface area contributed by atoms with Gasteiger partial charge in [0.2, 0.25) is 0 Å². The third kappa shape index (κ3) is 40.0. The molecule has 0 unspecified atom stereocenters. The van der Waals surface area contributed by atoms with Crippen LogP contribution >= 0.6 is 0 Å². The van der Waals surface area contributed by atoms with Crippen LogP contribution in [0.3, 0.4) is 0 Å². The van der Waals surface area contributed by atoms with Crippen LogP contribution in [0.4, 0.5) is 0 Å². The van der Waals surface area contributed by atoms with Gasteiger partial charge in [-0.2, -0.15) is 14.0 Å². The minimum absolute atomic E-state index is 1.37. The number of hydrogen-bond donors (Lipinski definition) is 1. The predicted molar refractivity (Wildman–Crippen MR) is 45.9 cm³/mol. The highest BCUT2D eigenvalue weighted by molar-refractivity contribution is 4.41. The molecule has 0 bridgehead atoms. The molecule has 0 amide bonds. The Morgan fingerprint density at radius 2 is 1.00 bits per heavy atom. The average Bonchev–Trinajstić information content (AvgIpc) is 2.01. The summed E-state index contributed by atoms with van der Waals surface area (Å²) in [5.41, 5.74) is 0. The van der Waals surface area contributed by atoms with Gasteiger partial charge in [-0.15, -0.1) is 0 Å². The van der Waals surface area contributed by atoms with Crippen molar-refractivity contribution in [2.24, 2.45) is 0 Å². The number of hydrogen-bond acceptors (Lipinski definition) is 4. The van der Waals surface area contributed by atoms with E-state index in [0.717, 1.165) is 0 Å². The molecule has 5 heteroatoms. The van der Waals surface area contributed by atoms with Crippen LogP contribution in [0.1, 0.15) is 58.8 Å². The van der Waals surface area contributed by atoms with Crippen LogP contribution in [0.15, 0.2) is 0 Å². The highest BCUT2D eigenvalue weighted by Gasteiger charge is 1.98. The molecule has 0 heterocycles. The molecular weight excluding hydrogens is 208 g/mol. The van der Waals surface area contributed by atoms with Crippen molar-refractivity contribution in [3.63, 3.8) is 0 Å². The van der Waals surface area contributed by atoms with Crippen molar-refractivity contribution in [2.45, 2.75) is 58.8 Å². The van der Waals surface area contributed by atoms with E-state index >= 15 is 0 Å². The molecule has 0 atom stereocenters. The summed E-state index contributed by atoms with van der Waals surface area (Å²) in [5, 5.41) is 0. The maximum Gasteiger partial charge on any atom is 0.0777 e. The zero-order valence-corrected chi connectivity index (χ0v) is 9.76. The maximum atomic E-state index is 8.60. The van der Waals surface area contributed by atoms with Crippen molar-refractivity contribution in [1.82, 2.24) is 0 Å². The second kappa shape index (κ2) is 11.2. The van der Waals surface area contributed by atoms with Crippen molar-refractivity contribution in [3.8, 4) is 0 Å². The highest BCUT2D eigenvalue weighted by atomic mass is 35.7. The van der Waals surface area contributed by atoms with E-state index in [0.29, 0.717) is 0 Å². The van der Waals surface area contributed by atoms with E-state index in [4.69, 9.17) is 18.6 Å². The molecule has 0 aliphatic heterocycles. The molecule has 88 valence electrons. The largest absolute Gasteiger partial charge is 0.183 e. The molecule has 0 saturated heterocycles. The van der Waals surface area contributed by atoms with Gasteiger partial charge in [0.25, 0.3) is 0 Å². The van der Waals surface area contributed by atoms with Crippen LogP contribution in [0.25, 0.3) is 0 Å². The Morgan fingerprint density at radius 3 is 1.21 bits per heavy atom. The molecule has 0 spiro atoms. The molecule has 0 aromatic heterocycles. The van der Waals surface area contributed by atoms with E-state index < -0.39 is 10.2 Å². The van der Waals surface area contributed by atoms with E-state index in [1.807, 2.05) is 0 Å². The summed E-state index contributed by atoms with van der Waals surface area (Å²) in [6, 6.07) is 0. The predicted octanol–water partition coefficient (Wildman–Crippen LogP) is -0.367.